The lowest BCUT2D eigenvalue weighted by Gasteiger charge is -2.10. The van der Waals surface area contributed by atoms with Crippen LogP contribution in [0.5, 0.6) is 0 Å². The van der Waals surface area contributed by atoms with E-state index in [0.29, 0.717) is 24.1 Å². The molecule has 0 aromatic heterocycles. The van der Waals surface area contributed by atoms with Crippen LogP contribution in [-0.2, 0) is 19.1 Å². The van der Waals surface area contributed by atoms with Gasteiger partial charge in [-0.3, -0.25) is 4.79 Å². The van der Waals surface area contributed by atoms with E-state index in [4.69, 9.17) is 4.74 Å². The van der Waals surface area contributed by atoms with Crippen molar-refractivity contribution in [2.75, 3.05) is 20.3 Å². The zero-order valence-electron chi connectivity index (χ0n) is 15.9. The largest absolute Gasteiger partial charge is 0.465 e. The van der Waals surface area contributed by atoms with E-state index < -0.39 is 11.9 Å². The minimum atomic E-state index is -0.637. The summed E-state index contributed by atoms with van der Waals surface area (Å²) in [5.74, 6) is -1.44. The third-order valence-corrected chi connectivity index (χ3v) is 4.28. The van der Waals surface area contributed by atoms with Crippen LogP contribution in [0.4, 0.5) is 0 Å². The number of nitrogens with zero attached hydrogens (tertiary/aromatic N) is 2. The number of hydrogen-bond donors (Lipinski definition) is 0. The molecule has 0 bridgehead atoms. The summed E-state index contributed by atoms with van der Waals surface area (Å²) in [6.07, 6.45) is 3.42. The summed E-state index contributed by atoms with van der Waals surface area (Å²) in [5.41, 5.74) is 2.93. The van der Waals surface area contributed by atoms with Gasteiger partial charge in [-0.05, 0) is 29.3 Å². The highest BCUT2D eigenvalue weighted by Crippen LogP contribution is 2.14. The van der Waals surface area contributed by atoms with Crippen LogP contribution < -0.4 is 0 Å². The molecule has 1 amide bonds. The van der Waals surface area contributed by atoms with Gasteiger partial charge in [-0.15, -0.1) is 0 Å². The second-order valence-electron chi connectivity index (χ2n) is 6.23. The van der Waals surface area contributed by atoms with Crippen molar-refractivity contribution in [1.29, 1.82) is 0 Å². The first kappa shape index (κ1) is 20.0. The fourth-order valence-electron chi connectivity index (χ4n) is 2.74. The van der Waals surface area contributed by atoms with Gasteiger partial charge < -0.3 is 9.47 Å². The third kappa shape index (κ3) is 5.38. The third-order valence-electron chi connectivity index (χ3n) is 4.28. The van der Waals surface area contributed by atoms with Crippen molar-refractivity contribution < 1.29 is 23.9 Å². The Morgan fingerprint density at radius 3 is 2.48 bits per heavy atom. The van der Waals surface area contributed by atoms with Gasteiger partial charge in [-0.2, -0.15) is 5.10 Å². The number of hydrazone groups is 1. The van der Waals surface area contributed by atoms with Crippen molar-refractivity contribution in [3.63, 3.8) is 0 Å². The van der Waals surface area contributed by atoms with Gasteiger partial charge in [0.25, 0.3) is 5.91 Å². The molecule has 0 saturated heterocycles. The number of rotatable bonds is 6. The van der Waals surface area contributed by atoms with Gasteiger partial charge in [0.1, 0.15) is 0 Å². The molecule has 148 valence electrons. The van der Waals surface area contributed by atoms with E-state index in [1.54, 1.807) is 24.3 Å². The first-order valence-electron chi connectivity index (χ1n) is 9.03. The Bertz CT molecular complexity index is 949. The van der Waals surface area contributed by atoms with Gasteiger partial charge in [-0.1, -0.05) is 42.5 Å². The van der Waals surface area contributed by atoms with E-state index in [1.807, 2.05) is 30.3 Å². The van der Waals surface area contributed by atoms with Crippen molar-refractivity contribution in [3.05, 3.63) is 77.4 Å². The summed E-state index contributed by atoms with van der Waals surface area (Å²) < 4.78 is 9.62. The van der Waals surface area contributed by atoms with Crippen LogP contribution in [0.25, 0.3) is 6.08 Å². The Hall–Kier alpha value is -3.74. The molecule has 1 heterocycles. The lowest BCUT2D eigenvalue weighted by molar-refractivity contribution is -0.147. The Labute approximate surface area is 168 Å². The molecule has 0 spiro atoms. The molecule has 3 rings (SSSR count). The van der Waals surface area contributed by atoms with E-state index in [1.165, 1.54) is 24.3 Å². The Balaban J connectivity index is 1.49. The number of carbonyl (C=O) groups excluding carboxylic acids is 3. The maximum absolute atomic E-state index is 12.2. The minimum Gasteiger partial charge on any atom is -0.465 e. The lowest BCUT2D eigenvalue weighted by atomic mass is 10.1. The van der Waals surface area contributed by atoms with Crippen LogP contribution >= 0.6 is 0 Å². The van der Waals surface area contributed by atoms with Gasteiger partial charge in [0.15, 0.2) is 6.61 Å². The second-order valence-corrected chi connectivity index (χ2v) is 6.23. The van der Waals surface area contributed by atoms with E-state index >= 15 is 0 Å². The predicted octanol–water partition coefficient (Wildman–Crippen LogP) is 2.67. The molecular formula is C22H20N2O5. The zero-order chi connectivity index (χ0) is 20.6. The average molecular weight is 392 g/mol. The van der Waals surface area contributed by atoms with Crippen LogP contribution in [0.3, 0.4) is 0 Å². The summed E-state index contributed by atoms with van der Waals surface area (Å²) >= 11 is 0. The topological polar surface area (TPSA) is 85.3 Å². The fraction of sp³-hybridized carbons (Fsp3) is 0.182. The fourth-order valence-corrected chi connectivity index (χ4v) is 2.74. The Morgan fingerprint density at radius 2 is 1.79 bits per heavy atom. The van der Waals surface area contributed by atoms with E-state index in [0.717, 1.165) is 11.3 Å². The molecule has 29 heavy (non-hydrogen) atoms. The van der Waals surface area contributed by atoms with Gasteiger partial charge in [0.2, 0.25) is 0 Å². The molecule has 2 aromatic rings. The van der Waals surface area contributed by atoms with Crippen molar-refractivity contribution in [1.82, 2.24) is 5.01 Å². The number of amides is 1. The van der Waals surface area contributed by atoms with Gasteiger partial charge in [-0.25, -0.2) is 14.6 Å². The van der Waals surface area contributed by atoms with Crippen LogP contribution in [0.1, 0.15) is 27.9 Å². The summed E-state index contributed by atoms with van der Waals surface area (Å²) in [7, 11) is 1.31. The first-order valence-corrected chi connectivity index (χ1v) is 9.03. The van der Waals surface area contributed by atoms with Gasteiger partial charge in [0, 0.05) is 12.5 Å². The van der Waals surface area contributed by atoms with Crippen LogP contribution in [0.15, 0.2) is 65.8 Å². The van der Waals surface area contributed by atoms with E-state index in [9.17, 15) is 14.4 Å². The van der Waals surface area contributed by atoms with Crippen molar-refractivity contribution in [2.24, 2.45) is 5.10 Å². The number of ether oxygens (including phenoxy) is 2. The molecule has 1 aliphatic heterocycles. The Kier molecular flexibility index (Phi) is 6.52. The number of benzene rings is 2. The molecule has 0 atom stereocenters. The van der Waals surface area contributed by atoms with Crippen LogP contribution in [-0.4, -0.2) is 48.8 Å². The normalized spacial score (nSPS) is 13.3. The summed E-state index contributed by atoms with van der Waals surface area (Å²) in [4.78, 5) is 35.4. The summed E-state index contributed by atoms with van der Waals surface area (Å²) in [5, 5.41) is 5.64. The monoisotopic (exact) mass is 392 g/mol. The zero-order valence-corrected chi connectivity index (χ0v) is 15.9. The number of esters is 2. The highest BCUT2D eigenvalue weighted by molar-refractivity contribution is 6.02. The first-order chi connectivity index (χ1) is 14.1. The molecule has 0 unspecified atom stereocenters. The standard InChI is InChI=1S/C22H20N2O5/c1-28-22(27)18-10-7-16(8-11-18)9-12-21(26)29-15-20(25)24-14-13-19(23-24)17-5-3-2-4-6-17/h2-12H,13-15H2,1H3/b12-9+. The Morgan fingerprint density at radius 1 is 1.07 bits per heavy atom. The SMILES string of the molecule is COC(=O)c1ccc(/C=C/C(=O)OCC(=O)N2CCC(c3ccccc3)=N2)cc1. The molecule has 0 radical (unpaired) electrons. The van der Waals surface area contributed by atoms with Crippen molar-refractivity contribution >= 4 is 29.6 Å². The number of methoxy groups -OCH3 is 1. The smallest absolute Gasteiger partial charge is 0.337 e. The second kappa shape index (κ2) is 9.45. The summed E-state index contributed by atoms with van der Waals surface area (Å²) in [6, 6.07) is 16.2. The average Bonchev–Trinajstić information content (AvgIpc) is 3.27. The molecule has 7 nitrogen and oxygen atoms in total. The molecule has 0 saturated carbocycles. The lowest BCUT2D eigenvalue weighted by Crippen LogP contribution is -2.28. The highest BCUT2D eigenvalue weighted by Gasteiger charge is 2.22. The van der Waals surface area contributed by atoms with Gasteiger partial charge in [0.05, 0.1) is 24.9 Å². The molecule has 0 N–H and O–H groups in total. The van der Waals surface area contributed by atoms with Crippen molar-refractivity contribution in [2.45, 2.75) is 6.42 Å². The van der Waals surface area contributed by atoms with Crippen LogP contribution in [0.2, 0.25) is 0 Å². The molecule has 1 aliphatic rings. The molecule has 0 aliphatic carbocycles. The molecule has 7 heteroatoms. The predicted molar refractivity (Wildman–Crippen MR) is 107 cm³/mol. The molecular weight excluding hydrogens is 372 g/mol. The van der Waals surface area contributed by atoms with Crippen molar-refractivity contribution in [3.8, 4) is 0 Å². The number of hydrogen-bond acceptors (Lipinski definition) is 6. The quantitative estimate of drug-likeness (QED) is 0.557. The van der Waals surface area contributed by atoms with E-state index in [-0.39, 0.29) is 12.5 Å². The minimum absolute atomic E-state index is 0.375. The summed E-state index contributed by atoms with van der Waals surface area (Å²) in [6.45, 7) is 0.0824. The number of carbonyl (C=O) groups is 3. The maximum Gasteiger partial charge on any atom is 0.337 e. The van der Waals surface area contributed by atoms with Crippen LogP contribution in [0, 0.1) is 0 Å². The molecule has 0 fully saturated rings. The molecule has 2 aromatic carbocycles. The maximum atomic E-state index is 12.2. The van der Waals surface area contributed by atoms with E-state index in [2.05, 4.69) is 9.84 Å². The highest BCUT2D eigenvalue weighted by atomic mass is 16.5. The van der Waals surface area contributed by atoms with Gasteiger partial charge >= 0.3 is 11.9 Å².